The molecule has 0 radical (unpaired) electrons. The number of anilines is 1. The zero-order valence-electron chi connectivity index (χ0n) is 12.8. The van der Waals surface area contributed by atoms with E-state index in [0.29, 0.717) is 0 Å². The third kappa shape index (κ3) is 5.25. The van der Waals surface area contributed by atoms with E-state index in [9.17, 15) is 31.1 Å². The van der Waals surface area contributed by atoms with E-state index in [2.05, 4.69) is 14.7 Å². The van der Waals surface area contributed by atoms with Crippen molar-refractivity contribution in [3.05, 3.63) is 41.4 Å². The average Bonchev–Trinajstić information content (AvgIpc) is 2.81. The van der Waals surface area contributed by atoms with Crippen LogP contribution in [0.25, 0.3) is 0 Å². The number of aliphatic imine (C=N–C) groups is 2. The van der Waals surface area contributed by atoms with Crippen molar-refractivity contribution in [3.63, 3.8) is 0 Å². The molecule has 12 heteroatoms. The Kier molecular flexibility index (Phi) is 5.64. The third-order valence-electron chi connectivity index (χ3n) is 2.74. The fourth-order valence-electron chi connectivity index (χ4n) is 1.88. The van der Waals surface area contributed by atoms with Gasteiger partial charge in [0.05, 0.1) is 18.2 Å². The highest BCUT2D eigenvalue weighted by atomic mass is 32.2. The van der Waals surface area contributed by atoms with Gasteiger partial charge in [0, 0.05) is 5.69 Å². The van der Waals surface area contributed by atoms with Gasteiger partial charge in [-0.05, 0) is 23.9 Å². The first-order valence-corrected chi connectivity index (χ1v) is 7.48. The lowest BCUT2D eigenvalue weighted by atomic mass is 10.3. The molecule has 1 aliphatic heterocycles. The second kappa shape index (κ2) is 7.40. The van der Waals surface area contributed by atoms with Crippen LogP contribution < -0.4 is 4.90 Å². The number of ether oxygens (including phenoxy) is 1. The number of amidine groups is 1. The number of carbonyl (C=O) groups excluding carboxylic acids is 1. The average molecular weight is 397 g/mol. The molecule has 2 rings (SSSR count). The molecule has 1 aliphatic rings. The minimum absolute atomic E-state index is 0.0607. The van der Waals surface area contributed by atoms with E-state index in [0.717, 1.165) is 18.1 Å². The fourth-order valence-corrected chi connectivity index (χ4v) is 2.89. The lowest BCUT2D eigenvalue weighted by molar-refractivity contribution is -0.134. The second-order valence-corrected chi connectivity index (χ2v) is 5.58. The highest BCUT2D eigenvalue weighted by Crippen LogP contribution is 2.39. The van der Waals surface area contributed by atoms with Crippen LogP contribution in [0.15, 0.2) is 51.4 Å². The van der Waals surface area contributed by atoms with Gasteiger partial charge in [-0.2, -0.15) is 9.98 Å². The standard InChI is InChI=1S/C14H9F6N3O2S/c1-25-10(24)7-9-23(8-5-3-2-4-6-8)11(21-13(15,16)17)12(26-9)22-14(18,19)20/h2-7H,1H3. The van der Waals surface area contributed by atoms with E-state index in [1.54, 1.807) is 6.07 Å². The zero-order chi connectivity index (χ0) is 19.5. The number of benzene rings is 1. The van der Waals surface area contributed by atoms with Gasteiger partial charge in [0.2, 0.25) is 0 Å². The van der Waals surface area contributed by atoms with Crippen molar-refractivity contribution in [2.75, 3.05) is 12.0 Å². The quantitative estimate of drug-likeness (QED) is 0.327. The highest BCUT2D eigenvalue weighted by molar-refractivity contribution is 8.20. The number of carbonyl (C=O) groups is 1. The molecule has 26 heavy (non-hydrogen) atoms. The number of hydrogen-bond donors (Lipinski definition) is 0. The van der Waals surface area contributed by atoms with Gasteiger partial charge in [0.25, 0.3) is 0 Å². The molecule has 0 atom stereocenters. The molecule has 1 fully saturated rings. The Hall–Kier alpha value is -2.50. The summed E-state index contributed by atoms with van der Waals surface area (Å²) in [6.45, 7) is 0. The van der Waals surface area contributed by atoms with Crippen molar-refractivity contribution in [2.45, 2.75) is 12.6 Å². The van der Waals surface area contributed by atoms with Crippen LogP contribution in [0.3, 0.4) is 0 Å². The topological polar surface area (TPSA) is 54.3 Å². The zero-order valence-corrected chi connectivity index (χ0v) is 13.6. The fraction of sp³-hybridized carbons (Fsp3) is 0.214. The molecule has 1 aromatic carbocycles. The smallest absolute Gasteiger partial charge is 0.466 e. The lowest BCUT2D eigenvalue weighted by Crippen LogP contribution is -2.30. The Morgan fingerprint density at radius 3 is 2.15 bits per heavy atom. The second-order valence-electron chi connectivity index (χ2n) is 4.57. The van der Waals surface area contributed by atoms with Crippen molar-refractivity contribution in [1.29, 1.82) is 0 Å². The van der Waals surface area contributed by atoms with E-state index in [1.807, 2.05) is 0 Å². The SMILES string of the molecule is COC(=O)C=C1SC(=NC(F)(F)F)C(=NC(F)(F)F)N1c1ccccc1. The number of methoxy groups -OCH3 is 1. The maximum absolute atomic E-state index is 12.8. The Bertz CT molecular complexity index is 771. The van der Waals surface area contributed by atoms with Gasteiger partial charge in [0.15, 0.2) is 5.84 Å². The Morgan fingerprint density at radius 1 is 1.08 bits per heavy atom. The van der Waals surface area contributed by atoms with E-state index in [1.165, 1.54) is 24.3 Å². The lowest BCUT2D eigenvalue weighted by Gasteiger charge is -2.19. The maximum atomic E-state index is 12.8. The summed E-state index contributed by atoms with van der Waals surface area (Å²) in [6, 6.07) is 7.16. The Labute approximate surface area is 147 Å². The number of rotatable bonds is 2. The van der Waals surface area contributed by atoms with Crippen molar-refractivity contribution < 1.29 is 35.9 Å². The molecular weight excluding hydrogens is 388 g/mol. The Balaban J connectivity index is 2.69. The van der Waals surface area contributed by atoms with Gasteiger partial charge in [-0.3, -0.25) is 4.90 Å². The van der Waals surface area contributed by atoms with Crippen LogP contribution in [0.5, 0.6) is 0 Å². The van der Waals surface area contributed by atoms with Gasteiger partial charge in [-0.15, -0.1) is 26.3 Å². The first kappa shape index (κ1) is 19.8. The molecule has 0 aliphatic carbocycles. The van der Waals surface area contributed by atoms with Crippen LogP contribution in [0, 0.1) is 0 Å². The summed E-state index contributed by atoms with van der Waals surface area (Å²) in [5.41, 5.74) is 0.0607. The van der Waals surface area contributed by atoms with Gasteiger partial charge in [0.1, 0.15) is 5.04 Å². The summed E-state index contributed by atoms with van der Waals surface area (Å²) in [4.78, 5) is 17.0. The highest BCUT2D eigenvalue weighted by Gasteiger charge is 2.41. The summed E-state index contributed by atoms with van der Waals surface area (Å²) >= 11 is 0.218. The monoisotopic (exact) mass is 397 g/mol. The normalized spacial score (nSPS) is 20.3. The van der Waals surface area contributed by atoms with Crippen LogP contribution >= 0.6 is 11.8 Å². The molecule has 0 unspecified atom stereocenters. The van der Waals surface area contributed by atoms with Crippen molar-refractivity contribution in [2.24, 2.45) is 9.98 Å². The van der Waals surface area contributed by atoms with E-state index in [-0.39, 0.29) is 22.5 Å². The predicted octanol–water partition coefficient (Wildman–Crippen LogP) is 4.09. The van der Waals surface area contributed by atoms with Gasteiger partial charge in [-0.25, -0.2) is 4.79 Å². The molecular formula is C14H9F6N3O2S. The number of para-hydroxylation sites is 1. The molecule has 140 valence electrons. The number of esters is 1. The van der Waals surface area contributed by atoms with Crippen LogP contribution in [0.1, 0.15) is 0 Å². The molecule has 0 spiro atoms. The van der Waals surface area contributed by atoms with Crippen LogP contribution in [-0.2, 0) is 9.53 Å². The van der Waals surface area contributed by atoms with Crippen LogP contribution in [0.2, 0.25) is 0 Å². The molecule has 0 N–H and O–H groups in total. The molecule has 1 heterocycles. The summed E-state index contributed by atoms with van der Waals surface area (Å²) < 4.78 is 80.6. The summed E-state index contributed by atoms with van der Waals surface area (Å²) in [6.07, 6.45) is -9.53. The predicted molar refractivity (Wildman–Crippen MR) is 83.6 cm³/mol. The van der Waals surface area contributed by atoms with Crippen LogP contribution in [-0.4, -0.2) is 36.6 Å². The molecule has 0 bridgehead atoms. The summed E-state index contributed by atoms with van der Waals surface area (Å²) in [7, 11) is 1.02. The molecule has 1 aromatic rings. The molecule has 0 amide bonds. The van der Waals surface area contributed by atoms with Gasteiger partial charge >= 0.3 is 18.6 Å². The van der Waals surface area contributed by atoms with Crippen molar-refractivity contribution in [3.8, 4) is 0 Å². The van der Waals surface area contributed by atoms with E-state index in [4.69, 9.17) is 0 Å². The molecule has 0 aromatic heterocycles. The molecule has 0 saturated carbocycles. The third-order valence-corrected chi connectivity index (χ3v) is 3.72. The van der Waals surface area contributed by atoms with Crippen molar-refractivity contribution in [1.82, 2.24) is 0 Å². The van der Waals surface area contributed by atoms with E-state index < -0.39 is 29.4 Å². The van der Waals surface area contributed by atoms with Gasteiger partial charge < -0.3 is 4.74 Å². The first-order valence-electron chi connectivity index (χ1n) is 6.66. The minimum Gasteiger partial charge on any atom is -0.466 e. The number of halogens is 6. The number of thioether (sulfide) groups is 1. The van der Waals surface area contributed by atoms with E-state index >= 15 is 0 Å². The number of nitrogens with zero attached hydrogens (tertiary/aromatic N) is 3. The van der Waals surface area contributed by atoms with Gasteiger partial charge in [-0.1, -0.05) is 18.2 Å². The number of alkyl halides is 6. The molecule has 1 saturated heterocycles. The Morgan fingerprint density at radius 2 is 1.65 bits per heavy atom. The largest absolute Gasteiger partial charge is 0.505 e. The minimum atomic E-state index is -5.16. The number of hydrogen-bond acceptors (Lipinski definition) is 5. The maximum Gasteiger partial charge on any atom is 0.505 e. The summed E-state index contributed by atoms with van der Waals surface area (Å²) in [5, 5.41) is -1.32. The van der Waals surface area contributed by atoms with Crippen LogP contribution in [0.4, 0.5) is 32.0 Å². The molecule has 5 nitrogen and oxygen atoms in total. The van der Waals surface area contributed by atoms with Crippen molar-refractivity contribution >= 4 is 34.3 Å². The first-order chi connectivity index (χ1) is 12.0. The summed E-state index contributed by atoms with van der Waals surface area (Å²) in [5.74, 6) is -2.06.